The largest absolute Gasteiger partial charge is 0.497 e. The Bertz CT molecular complexity index is 1180. The molecule has 170 valence electrons. The van der Waals surface area contributed by atoms with E-state index in [0.29, 0.717) is 29.6 Å². The van der Waals surface area contributed by atoms with Gasteiger partial charge in [-0.05, 0) is 31.0 Å². The number of hydrogen-bond acceptors (Lipinski definition) is 7. The normalized spacial score (nSPS) is 11.2. The molecule has 1 aromatic heterocycles. The van der Waals surface area contributed by atoms with Gasteiger partial charge in [0.25, 0.3) is 0 Å². The third-order valence-electron chi connectivity index (χ3n) is 4.80. The van der Waals surface area contributed by atoms with E-state index in [0.717, 1.165) is 17.4 Å². The number of methoxy groups -OCH3 is 1. The number of nitrogens with one attached hydrogen (secondary N) is 1. The Hall–Kier alpha value is -3.40. The molecular formula is C22H26N4O5S. The highest BCUT2D eigenvalue weighted by Crippen LogP contribution is 2.23. The second kappa shape index (κ2) is 10.3. The Morgan fingerprint density at radius 2 is 1.97 bits per heavy atom. The van der Waals surface area contributed by atoms with Gasteiger partial charge in [-0.15, -0.1) is 0 Å². The van der Waals surface area contributed by atoms with Crippen molar-refractivity contribution in [2.45, 2.75) is 26.3 Å². The van der Waals surface area contributed by atoms with Crippen molar-refractivity contribution < 1.29 is 22.5 Å². The Morgan fingerprint density at radius 1 is 1.19 bits per heavy atom. The smallest absolute Gasteiger partial charge is 0.246 e. The van der Waals surface area contributed by atoms with Crippen molar-refractivity contribution in [1.29, 1.82) is 0 Å². The van der Waals surface area contributed by atoms with Gasteiger partial charge < -0.3 is 14.6 Å². The number of rotatable bonds is 10. The van der Waals surface area contributed by atoms with Crippen molar-refractivity contribution >= 4 is 21.6 Å². The number of sulfonamides is 1. The monoisotopic (exact) mass is 458 g/mol. The molecule has 0 saturated carbocycles. The van der Waals surface area contributed by atoms with E-state index >= 15 is 0 Å². The number of aromatic nitrogens is 2. The molecule has 0 aliphatic heterocycles. The summed E-state index contributed by atoms with van der Waals surface area (Å²) >= 11 is 0. The second-order valence-electron chi connectivity index (χ2n) is 7.24. The molecule has 0 radical (unpaired) electrons. The lowest BCUT2D eigenvalue weighted by atomic mass is 10.1. The molecule has 32 heavy (non-hydrogen) atoms. The number of benzene rings is 2. The molecule has 0 fully saturated rings. The average molecular weight is 459 g/mol. The van der Waals surface area contributed by atoms with Crippen LogP contribution in [0, 0.1) is 6.92 Å². The molecule has 9 nitrogen and oxygen atoms in total. The van der Waals surface area contributed by atoms with Gasteiger partial charge in [0.2, 0.25) is 27.6 Å². The first kappa shape index (κ1) is 23.3. The Morgan fingerprint density at radius 3 is 2.69 bits per heavy atom. The van der Waals surface area contributed by atoms with E-state index in [-0.39, 0.29) is 25.4 Å². The molecular weight excluding hydrogens is 432 g/mol. The summed E-state index contributed by atoms with van der Waals surface area (Å²) in [6.07, 6.45) is 1.62. The molecule has 0 bridgehead atoms. The summed E-state index contributed by atoms with van der Waals surface area (Å²) in [5.74, 6) is 1.08. The number of hydrogen-bond donors (Lipinski definition) is 1. The number of anilines is 1. The van der Waals surface area contributed by atoms with Crippen molar-refractivity contribution in [3.63, 3.8) is 0 Å². The van der Waals surface area contributed by atoms with Crippen LogP contribution in [-0.4, -0.2) is 44.4 Å². The third-order valence-corrected chi connectivity index (χ3v) is 5.99. The minimum atomic E-state index is -3.51. The van der Waals surface area contributed by atoms with Crippen molar-refractivity contribution in [2.24, 2.45) is 0 Å². The van der Waals surface area contributed by atoms with Gasteiger partial charge in [0.15, 0.2) is 0 Å². The number of carbonyl (C=O) groups is 1. The predicted octanol–water partition coefficient (Wildman–Crippen LogP) is 2.92. The maximum atomic E-state index is 12.2. The van der Waals surface area contributed by atoms with Gasteiger partial charge in [-0.25, -0.2) is 8.42 Å². The summed E-state index contributed by atoms with van der Waals surface area (Å²) in [5.41, 5.74) is 2.38. The Balaban J connectivity index is 1.52. The van der Waals surface area contributed by atoms with Crippen LogP contribution < -0.4 is 14.4 Å². The minimum absolute atomic E-state index is 0.101. The van der Waals surface area contributed by atoms with Gasteiger partial charge in [0.1, 0.15) is 5.75 Å². The molecule has 0 spiro atoms. The number of carbonyl (C=O) groups excluding carboxylic acids is 1. The lowest BCUT2D eigenvalue weighted by Crippen LogP contribution is -2.32. The van der Waals surface area contributed by atoms with Crippen LogP contribution in [0.2, 0.25) is 0 Å². The molecule has 0 saturated heterocycles. The van der Waals surface area contributed by atoms with Gasteiger partial charge in [-0.3, -0.25) is 9.10 Å². The number of ether oxygens (including phenoxy) is 1. The lowest BCUT2D eigenvalue weighted by Gasteiger charge is -2.22. The first-order chi connectivity index (χ1) is 15.3. The zero-order chi connectivity index (χ0) is 23.1. The van der Waals surface area contributed by atoms with Crippen molar-refractivity contribution in [3.05, 3.63) is 60.0 Å². The van der Waals surface area contributed by atoms with E-state index in [2.05, 4.69) is 15.5 Å². The Kier molecular flexibility index (Phi) is 7.47. The van der Waals surface area contributed by atoms with Crippen LogP contribution in [0.25, 0.3) is 11.4 Å². The minimum Gasteiger partial charge on any atom is -0.497 e. The molecule has 0 unspecified atom stereocenters. The molecule has 0 aliphatic carbocycles. The van der Waals surface area contributed by atoms with Gasteiger partial charge in [-0.1, -0.05) is 35.5 Å². The summed E-state index contributed by atoms with van der Waals surface area (Å²) in [5, 5.41) is 6.69. The summed E-state index contributed by atoms with van der Waals surface area (Å²) in [6.45, 7) is 2.22. The van der Waals surface area contributed by atoms with Crippen LogP contribution in [0.4, 0.5) is 5.69 Å². The second-order valence-corrected chi connectivity index (χ2v) is 9.15. The van der Waals surface area contributed by atoms with E-state index < -0.39 is 10.0 Å². The Labute approximate surface area is 187 Å². The van der Waals surface area contributed by atoms with E-state index in [1.54, 1.807) is 24.3 Å². The lowest BCUT2D eigenvalue weighted by molar-refractivity contribution is -0.121. The summed E-state index contributed by atoms with van der Waals surface area (Å²) in [4.78, 5) is 16.5. The van der Waals surface area contributed by atoms with Crippen LogP contribution in [0.15, 0.2) is 53.1 Å². The molecule has 1 heterocycles. The highest BCUT2D eigenvalue weighted by molar-refractivity contribution is 7.92. The summed E-state index contributed by atoms with van der Waals surface area (Å²) < 4.78 is 36.1. The molecule has 2 aromatic carbocycles. The molecule has 3 aromatic rings. The summed E-state index contributed by atoms with van der Waals surface area (Å²) in [7, 11) is -2.00. The average Bonchev–Trinajstić information content (AvgIpc) is 3.23. The fourth-order valence-electron chi connectivity index (χ4n) is 3.16. The maximum Gasteiger partial charge on any atom is 0.246 e. The third kappa shape index (κ3) is 6.07. The van der Waals surface area contributed by atoms with Gasteiger partial charge in [-0.2, -0.15) is 4.98 Å². The molecule has 0 atom stereocenters. The van der Waals surface area contributed by atoms with Crippen molar-refractivity contribution in [1.82, 2.24) is 15.5 Å². The first-order valence-corrected chi connectivity index (χ1v) is 11.9. The molecule has 10 heteroatoms. The van der Waals surface area contributed by atoms with Crippen LogP contribution in [0.5, 0.6) is 5.75 Å². The number of aryl methyl sites for hydroxylation is 1. The zero-order valence-electron chi connectivity index (χ0n) is 18.2. The standard InChI is InChI=1S/C22H26N4O5S/c1-16-8-4-5-11-19(16)22-24-21(31-25-22)15-23-20(27)12-7-13-26(32(3,28)29)17-9-6-10-18(14-17)30-2/h4-6,8-11,14H,7,12-13,15H2,1-3H3,(H,23,27). The van der Waals surface area contributed by atoms with Gasteiger partial charge >= 0.3 is 0 Å². The quantitative estimate of drug-likeness (QED) is 0.497. The van der Waals surface area contributed by atoms with Crippen LogP contribution in [0.3, 0.4) is 0 Å². The van der Waals surface area contributed by atoms with Gasteiger partial charge in [0, 0.05) is 24.6 Å². The first-order valence-electron chi connectivity index (χ1n) is 10.0. The van der Waals surface area contributed by atoms with Crippen LogP contribution in [-0.2, 0) is 21.4 Å². The van der Waals surface area contributed by atoms with Crippen LogP contribution in [0.1, 0.15) is 24.3 Å². The fraction of sp³-hybridized carbons (Fsp3) is 0.318. The van der Waals surface area contributed by atoms with Crippen molar-refractivity contribution in [2.75, 3.05) is 24.2 Å². The SMILES string of the molecule is COc1cccc(N(CCCC(=O)NCc2nc(-c3ccccc3C)no2)S(C)(=O)=O)c1. The molecule has 1 N–H and O–H groups in total. The molecule has 1 amide bonds. The fourth-order valence-corrected chi connectivity index (χ4v) is 4.11. The summed E-state index contributed by atoms with van der Waals surface area (Å²) in [6, 6.07) is 14.5. The molecule has 3 rings (SSSR count). The highest BCUT2D eigenvalue weighted by Gasteiger charge is 2.18. The topological polar surface area (TPSA) is 115 Å². The number of nitrogens with zero attached hydrogens (tertiary/aromatic N) is 3. The van der Waals surface area contributed by atoms with E-state index in [9.17, 15) is 13.2 Å². The highest BCUT2D eigenvalue weighted by atomic mass is 32.2. The van der Waals surface area contributed by atoms with E-state index in [1.807, 2.05) is 31.2 Å². The van der Waals surface area contributed by atoms with E-state index in [4.69, 9.17) is 9.26 Å². The molecule has 0 aliphatic rings. The number of amides is 1. The van der Waals surface area contributed by atoms with Crippen LogP contribution >= 0.6 is 0 Å². The predicted molar refractivity (Wildman–Crippen MR) is 121 cm³/mol. The van der Waals surface area contributed by atoms with Gasteiger partial charge in [0.05, 0.1) is 25.6 Å². The van der Waals surface area contributed by atoms with Crippen molar-refractivity contribution in [3.8, 4) is 17.1 Å². The zero-order valence-corrected chi connectivity index (χ0v) is 19.1. The van der Waals surface area contributed by atoms with E-state index in [1.165, 1.54) is 11.4 Å². The maximum absolute atomic E-state index is 12.2.